The quantitative estimate of drug-likeness (QED) is 0.643. The standard InChI is InChI=1S/C10H17NO2/c1-10(9(12)13)8-5-3-2-4-7(8)6-11-10/h7-8,11H,2-6H2,1H3,(H,12,13). The second kappa shape index (κ2) is 2.98. The van der Waals surface area contributed by atoms with E-state index in [2.05, 4.69) is 5.32 Å². The highest BCUT2D eigenvalue weighted by molar-refractivity contribution is 5.79. The van der Waals surface area contributed by atoms with Gasteiger partial charge in [-0.15, -0.1) is 0 Å². The average molecular weight is 183 g/mol. The molecule has 0 amide bonds. The van der Waals surface area contributed by atoms with Gasteiger partial charge in [0.2, 0.25) is 0 Å². The first-order valence-electron chi connectivity index (χ1n) is 5.13. The Bertz CT molecular complexity index is 229. The number of nitrogens with one attached hydrogen (secondary N) is 1. The molecular formula is C10H17NO2. The van der Waals surface area contributed by atoms with E-state index in [9.17, 15) is 4.79 Å². The number of rotatable bonds is 1. The summed E-state index contributed by atoms with van der Waals surface area (Å²) in [6, 6.07) is 0. The van der Waals surface area contributed by atoms with Crippen molar-refractivity contribution >= 4 is 5.97 Å². The zero-order valence-corrected chi connectivity index (χ0v) is 8.05. The summed E-state index contributed by atoms with van der Waals surface area (Å²) < 4.78 is 0. The topological polar surface area (TPSA) is 49.3 Å². The molecule has 0 aromatic carbocycles. The van der Waals surface area contributed by atoms with Gasteiger partial charge in [-0.25, -0.2) is 0 Å². The minimum atomic E-state index is -0.679. The molecule has 0 bridgehead atoms. The van der Waals surface area contributed by atoms with Crippen LogP contribution in [0.3, 0.4) is 0 Å². The van der Waals surface area contributed by atoms with Gasteiger partial charge < -0.3 is 10.4 Å². The Morgan fingerprint density at radius 2 is 2.15 bits per heavy atom. The molecule has 2 N–H and O–H groups in total. The van der Waals surface area contributed by atoms with Gasteiger partial charge >= 0.3 is 5.97 Å². The van der Waals surface area contributed by atoms with Crippen LogP contribution in [-0.2, 0) is 4.79 Å². The summed E-state index contributed by atoms with van der Waals surface area (Å²) in [5, 5.41) is 12.3. The van der Waals surface area contributed by atoms with E-state index in [-0.39, 0.29) is 0 Å². The number of fused-ring (bicyclic) bond motifs is 1. The maximum absolute atomic E-state index is 11.1. The summed E-state index contributed by atoms with van der Waals surface area (Å²) in [4.78, 5) is 11.1. The zero-order chi connectivity index (χ0) is 9.47. The lowest BCUT2D eigenvalue weighted by Crippen LogP contribution is -2.49. The lowest BCUT2D eigenvalue weighted by atomic mass is 9.73. The van der Waals surface area contributed by atoms with Crippen molar-refractivity contribution in [1.29, 1.82) is 0 Å². The summed E-state index contributed by atoms with van der Waals surface area (Å²) >= 11 is 0. The van der Waals surface area contributed by atoms with Gasteiger partial charge in [-0.3, -0.25) is 4.79 Å². The van der Waals surface area contributed by atoms with Gasteiger partial charge in [-0.05, 0) is 38.1 Å². The molecule has 1 saturated carbocycles. The van der Waals surface area contributed by atoms with E-state index < -0.39 is 11.5 Å². The summed E-state index contributed by atoms with van der Waals surface area (Å²) in [6.07, 6.45) is 4.77. The molecule has 3 unspecified atom stereocenters. The fraction of sp³-hybridized carbons (Fsp3) is 0.900. The number of carboxylic acid groups (broad SMARTS) is 1. The van der Waals surface area contributed by atoms with Gasteiger partial charge in [0, 0.05) is 0 Å². The molecule has 0 radical (unpaired) electrons. The lowest BCUT2D eigenvalue weighted by Gasteiger charge is -2.32. The molecule has 0 aromatic rings. The predicted molar refractivity (Wildman–Crippen MR) is 49.5 cm³/mol. The van der Waals surface area contributed by atoms with Gasteiger partial charge in [0.1, 0.15) is 5.54 Å². The highest BCUT2D eigenvalue weighted by atomic mass is 16.4. The van der Waals surface area contributed by atoms with E-state index in [0.717, 1.165) is 13.0 Å². The normalized spacial score (nSPS) is 44.4. The van der Waals surface area contributed by atoms with Gasteiger partial charge in [0.05, 0.1) is 0 Å². The van der Waals surface area contributed by atoms with Crippen LogP contribution in [0.2, 0.25) is 0 Å². The third-order valence-corrected chi connectivity index (χ3v) is 3.83. The van der Waals surface area contributed by atoms with Crippen molar-refractivity contribution in [1.82, 2.24) is 5.32 Å². The average Bonchev–Trinajstić information content (AvgIpc) is 2.47. The Hall–Kier alpha value is -0.570. The molecule has 2 rings (SSSR count). The Balaban J connectivity index is 2.19. The molecule has 13 heavy (non-hydrogen) atoms. The molecule has 2 fully saturated rings. The number of hydrogen-bond donors (Lipinski definition) is 2. The predicted octanol–water partition coefficient (Wildman–Crippen LogP) is 1.24. The third kappa shape index (κ3) is 1.26. The Kier molecular flexibility index (Phi) is 2.06. The van der Waals surface area contributed by atoms with Crippen molar-refractivity contribution in [2.45, 2.75) is 38.1 Å². The summed E-state index contributed by atoms with van der Waals surface area (Å²) in [7, 11) is 0. The molecule has 2 aliphatic rings. The van der Waals surface area contributed by atoms with Crippen LogP contribution >= 0.6 is 0 Å². The lowest BCUT2D eigenvalue weighted by molar-refractivity contribution is -0.145. The second-order valence-electron chi connectivity index (χ2n) is 4.54. The maximum atomic E-state index is 11.1. The monoisotopic (exact) mass is 183 g/mol. The molecule has 3 heteroatoms. The van der Waals surface area contributed by atoms with Crippen LogP contribution < -0.4 is 5.32 Å². The first-order valence-corrected chi connectivity index (χ1v) is 5.13. The van der Waals surface area contributed by atoms with Crippen LogP contribution in [0.25, 0.3) is 0 Å². The minimum Gasteiger partial charge on any atom is -0.480 e. The van der Waals surface area contributed by atoms with Crippen LogP contribution in [0.1, 0.15) is 32.6 Å². The summed E-state index contributed by atoms with van der Waals surface area (Å²) in [6.45, 7) is 2.73. The zero-order valence-electron chi connectivity index (χ0n) is 8.05. The SMILES string of the molecule is CC1(C(=O)O)NCC2CCCCC21. The number of aliphatic carboxylic acids is 1. The Morgan fingerprint density at radius 3 is 2.85 bits per heavy atom. The van der Waals surface area contributed by atoms with Crippen molar-refractivity contribution in [3.63, 3.8) is 0 Å². The number of carbonyl (C=O) groups is 1. The van der Waals surface area contributed by atoms with Crippen molar-refractivity contribution in [3.05, 3.63) is 0 Å². The van der Waals surface area contributed by atoms with Crippen molar-refractivity contribution < 1.29 is 9.90 Å². The molecule has 1 aliphatic carbocycles. The smallest absolute Gasteiger partial charge is 0.323 e. The molecule has 0 spiro atoms. The van der Waals surface area contributed by atoms with Crippen molar-refractivity contribution in [2.24, 2.45) is 11.8 Å². The van der Waals surface area contributed by atoms with Gasteiger partial charge in [-0.1, -0.05) is 12.8 Å². The first-order chi connectivity index (χ1) is 6.14. The third-order valence-electron chi connectivity index (χ3n) is 3.83. The molecule has 74 valence electrons. The van der Waals surface area contributed by atoms with Gasteiger partial charge in [0.25, 0.3) is 0 Å². The van der Waals surface area contributed by atoms with E-state index in [1.54, 1.807) is 0 Å². The highest BCUT2D eigenvalue weighted by Gasteiger charge is 2.50. The number of hydrogen-bond acceptors (Lipinski definition) is 2. The fourth-order valence-electron chi connectivity index (χ4n) is 2.92. The van der Waals surface area contributed by atoms with Crippen LogP contribution in [0.4, 0.5) is 0 Å². The number of carboxylic acids is 1. The largest absolute Gasteiger partial charge is 0.480 e. The molecule has 1 aliphatic heterocycles. The van der Waals surface area contributed by atoms with Crippen LogP contribution in [0.5, 0.6) is 0 Å². The molecule has 3 nitrogen and oxygen atoms in total. The van der Waals surface area contributed by atoms with E-state index >= 15 is 0 Å². The van der Waals surface area contributed by atoms with Crippen LogP contribution in [0.15, 0.2) is 0 Å². The van der Waals surface area contributed by atoms with E-state index in [1.165, 1.54) is 19.3 Å². The molecule has 1 saturated heterocycles. The van der Waals surface area contributed by atoms with E-state index in [0.29, 0.717) is 11.8 Å². The van der Waals surface area contributed by atoms with Gasteiger partial charge in [-0.2, -0.15) is 0 Å². The molecule has 0 aromatic heterocycles. The van der Waals surface area contributed by atoms with Crippen molar-refractivity contribution in [2.75, 3.05) is 6.54 Å². The fourth-order valence-corrected chi connectivity index (χ4v) is 2.92. The van der Waals surface area contributed by atoms with Crippen LogP contribution in [0, 0.1) is 11.8 Å². The summed E-state index contributed by atoms with van der Waals surface area (Å²) in [5.41, 5.74) is -0.648. The Morgan fingerprint density at radius 1 is 1.46 bits per heavy atom. The summed E-state index contributed by atoms with van der Waals surface area (Å²) in [5.74, 6) is 0.288. The molecule has 3 atom stereocenters. The molecule has 1 heterocycles. The first kappa shape index (κ1) is 9.00. The van der Waals surface area contributed by atoms with Crippen molar-refractivity contribution in [3.8, 4) is 0 Å². The second-order valence-corrected chi connectivity index (χ2v) is 4.54. The Labute approximate surface area is 78.5 Å². The minimum absolute atomic E-state index is 0.360. The van der Waals surface area contributed by atoms with E-state index in [1.807, 2.05) is 6.92 Å². The molecular weight excluding hydrogens is 166 g/mol. The van der Waals surface area contributed by atoms with Crippen LogP contribution in [-0.4, -0.2) is 23.2 Å². The van der Waals surface area contributed by atoms with Gasteiger partial charge in [0.15, 0.2) is 0 Å². The highest BCUT2D eigenvalue weighted by Crippen LogP contribution is 2.41. The maximum Gasteiger partial charge on any atom is 0.323 e. The van der Waals surface area contributed by atoms with E-state index in [4.69, 9.17) is 5.11 Å².